The van der Waals surface area contributed by atoms with Gasteiger partial charge in [-0.25, -0.2) is 4.99 Å². The van der Waals surface area contributed by atoms with Crippen molar-refractivity contribution in [2.45, 2.75) is 13.8 Å². The second-order valence-corrected chi connectivity index (χ2v) is 7.18. The lowest BCUT2D eigenvalue weighted by atomic mass is 10.1. The Balaban J connectivity index is 1.89. The van der Waals surface area contributed by atoms with E-state index in [-0.39, 0.29) is 11.5 Å². The summed E-state index contributed by atoms with van der Waals surface area (Å²) in [5.41, 5.74) is 4.44. The Bertz CT molecular complexity index is 1290. The highest BCUT2D eigenvalue weighted by atomic mass is 35.5. The first-order valence-corrected chi connectivity index (χ1v) is 9.60. The predicted molar refractivity (Wildman–Crippen MR) is 117 cm³/mol. The van der Waals surface area contributed by atoms with Crippen molar-refractivity contribution in [3.63, 3.8) is 0 Å². The molecule has 1 aromatic heterocycles. The van der Waals surface area contributed by atoms with Gasteiger partial charge in [-0.1, -0.05) is 54.1 Å². The number of nitrogens with one attached hydrogen (secondary N) is 1. The third-order valence-corrected chi connectivity index (χ3v) is 5.16. The van der Waals surface area contributed by atoms with Crippen LogP contribution in [0.4, 0.5) is 11.4 Å². The van der Waals surface area contributed by atoms with E-state index in [1.54, 1.807) is 12.1 Å². The summed E-state index contributed by atoms with van der Waals surface area (Å²) in [5.74, 6) is -0.285. The number of fused-ring (bicyclic) bond motifs is 1. The maximum Gasteiger partial charge on any atom is 0.261 e. The number of hydrogen-bond acceptors (Lipinski definition) is 3. The van der Waals surface area contributed by atoms with Crippen LogP contribution in [0.2, 0.25) is 5.02 Å². The van der Waals surface area contributed by atoms with Gasteiger partial charge in [0.1, 0.15) is 11.1 Å². The number of carbonyl (C=O) groups is 1. The first-order chi connectivity index (χ1) is 14.0. The minimum atomic E-state index is -0.285. The molecule has 1 N–H and O–H groups in total. The molecule has 0 aliphatic rings. The fourth-order valence-corrected chi connectivity index (χ4v) is 3.21. The molecule has 0 bridgehead atoms. The average Bonchev–Trinajstić information content (AvgIpc) is 2.72. The number of halogens is 1. The molecular formula is C24H19ClN2O2. The maximum absolute atomic E-state index is 13.1. The molecule has 0 radical (unpaired) electrons. The minimum absolute atomic E-state index is 0.236. The van der Waals surface area contributed by atoms with Crippen molar-refractivity contribution in [1.29, 1.82) is 0 Å². The molecule has 1 amide bonds. The quantitative estimate of drug-likeness (QED) is 0.444. The number of nitrogens with zero attached hydrogens (tertiary/aromatic N) is 1. The number of aryl methyl sites for hydroxylation is 1. The lowest BCUT2D eigenvalue weighted by Gasteiger charge is -2.09. The average molecular weight is 403 g/mol. The molecule has 1 heterocycles. The summed E-state index contributed by atoms with van der Waals surface area (Å²) in [6.45, 7) is 3.83. The number of rotatable bonds is 3. The Hall–Kier alpha value is -3.37. The van der Waals surface area contributed by atoms with E-state index >= 15 is 0 Å². The van der Waals surface area contributed by atoms with Gasteiger partial charge < -0.3 is 9.73 Å². The fourth-order valence-electron chi connectivity index (χ4n) is 3.04. The van der Waals surface area contributed by atoms with Crippen LogP contribution in [0.15, 0.2) is 82.2 Å². The van der Waals surface area contributed by atoms with E-state index in [4.69, 9.17) is 16.0 Å². The van der Waals surface area contributed by atoms with Crippen molar-refractivity contribution in [2.75, 3.05) is 5.32 Å². The van der Waals surface area contributed by atoms with E-state index in [1.807, 2.05) is 74.5 Å². The van der Waals surface area contributed by atoms with Gasteiger partial charge >= 0.3 is 0 Å². The van der Waals surface area contributed by atoms with Crippen molar-refractivity contribution in [1.82, 2.24) is 0 Å². The van der Waals surface area contributed by atoms with E-state index in [9.17, 15) is 4.79 Å². The van der Waals surface area contributed by atoms with Crippen LogP contribution < -0.4 is 10.9 Å². The van der Waals surface area contributed by atoms with Gasteiger partial charge in [0.15, 0.2) is 0 Å². The van der Waals surface area contributed by atoms with Gasteiger partial charge in [0.05, 0.1) is 5.69 Å². The summed E-state index contributed by atoms with van der Waals surface area (Å²) in [6.07, 6.45) is 0. The molecule has 0 fully saturated rings. The molecule has 0 aliphatic heterocycles. The Morgan fingerprint density at radius 1 is 0.966 bits per heavy atom. The highest BCUT2D eigenvalue weighted by Crippen LogP contribution is 2.25. The smallest absolute Gasteiger partial charge is 0.261 e. The van der Waals surface area contributed by atoms with Gasteiger partial charge in [0, 0.05) is 16.1 Å². The summed E-state index contributed by atoms with van der Waals surface area (Å²) in [4.78, 5) is 17.7. The molecule has 4 aromatic rings. The highest BCUT2D eigenvalue weighted by Gasteiger charge is 2.14. The van der Waals surface area contributed by atoms with Crippen molar-refractivity contribution in [3.05, 3.63) is 100 Å². The first kappa shape index (κ1) is 19.0. The number of benzene rings is 3. The van der Waals surface area contributed by atoms with E-state index in [0.717, 1.165) is 22.2 Å². The highest BCUT2D eigenvalue weighted by molar-refractivity contribution is 6.31. The first-order valence-electron chi connectivity index (χ1n) is 9.22. The second-order valence-electron chi connectivity index (χ2n) is 6.77. The Morgan fingerprint density at radius 3 is 2.55 bits per heavy atom. The van der Waals surface area contributed by atoms with Crippen LogP contribution in [0.25, 0.3) is 11.0 Å². The molecule has 3 aromatic carbocycles. The SMILES string of the molecule is Cc1ccccc1NC(=O)c1cc2ccccc2oc1=Nc1cccc(Cl)c1C. The number of amides is 1. The summed E-state index contributed by atoms with van der Waals surface area (Å²) < 4.78 is 6.01. The molecule has 0 saturated heterocycles. The van der Waals surface area contributed by atoms with E-state index in [1.165, 1.54) is 0 Å². The lowest BCUT2D eigenvalue weighted by Crippen LogP contribution is -2.22. The number of anilines is 1. The standard InChI is InChI=1S/C24H19ClN2O2/c1-15-8-3-5-11-20(15)26-23(28)18-14-17-9-4-6-13-22(17)29-24(18)27-21-12-7-10-19(25)16(21)2/h3-14H,1-2H3,(H,26,28). The summed E-state index contributed by atoms with van der Waals surface area (Å²) in [6, 6.07) is 22.4. The molecule has 0 unspecified atom stereocenters. The van der Waals surface area contributed by atoms with Gasteiger partial charge in [-0.05, 0) is 55.3 Å². The molecule has 0 atom stereocenters. The molecule has 4 rings (SSSR count). The van der Waals surface area contributed by atoms with Crippen LogP contribution >= 0.6 is 11.6 Å². The molecule has 29 heavy (non-hydrogen) atoms. The maximum atomic E-state index is 13.1. The van der Waals surface area contributed by atoms with Crippen molar-refractivity contribution in [2.24, 2.45) is 4.99 Å². The fraction of sp³-hybridized carbons (Fsp3) is 0.0833. The van der Waals surface area contributed by atoms with Crippen LogP contribution in [0, 0.1) is 13.8 Å². The second kappa shape index (κ2) is 7.94. The third kappa shape index (κ3) is 3.93. The molecule has 4 nitrogen and oxygen atoms in total. The van der Waals surface area contributed by atoms with Crippen molar-refractivity contribution < 1.29 is 9.21 Å². The van der Waals surface area contributed by atoms with Crippen molar-refractivity contribution in [3.8, 4) is 0 Å². The van der Waals surface area contributed by atoms with E-state index < -0.39 is 0 Å². The third-order valence-electron chi connectivity index (χ3n) is 4.75. The van der Waals surface area contributed by atoms with Gasteiger partial charge in [0.25, 0.3) is 5.91 Å². The molecule has 5 heteroatoms. The Labute approximate surface area is 173 Å². The number of para-hydroxylation sites is 2. The summed E-state index contributed by atoms with van der Waals surface area (Å²) in [5, 5.41) is 4.39. The van der Waals surface area contributed by atoms with Crippen LogP contribution in [-0.4, -0.2) is 5.91 Å². The monoisotopic (exact) mass is 402 g/mol. The van der Waals surface area contributed by atoms with Gasteiger partial charge in [0.2, 0.25) is 5.55 Å². The number of carbonyl (C=O) groups excluding carboxylic acids is 1. The zero-order chi connectivity index (χ0) is 20.4. The van der Waals surface area contributed by atoms with E-state index in [0.29, 0.717) is 21.9 Å². The largest absolute Gasteiger partial charge is 0.438 e. The van der Waals surface area contributed by atoms with Crippen LogP contribution in [0.1, 0.15) is 21.5 Å². The Kier molecular flexibility index (Phi) is 5.19. The van der Waals surface area contributed by atoms with Crippen LogP contribution in [0.5, 0.6) is 0 Å². The van der Waals surface area contributed by atoms with E-state index in [2.05, 4.69) is 10.3 Å². The van der Waals surface area contributed by atoms with Gasteiger partial charge in [-0.2, -0.15) is 0 Å². The number of hydrogen-bond donors (Lipinski definition) is 1. The van der Waals surface area contributed by atoms with Gasteiger partial charge in [-0.3, -0.25) is 4.79 Å². The lowest BCUT2D eigenvalue weighted by molar-refractivity contribution is 0.102. The minimum Gasteiger partial charge on any atom is -0.438 e. The molecule has 0 saturated carbocycles. The summed E-state index contributed by atoms with van der Waals surface area (Å²) >= 11 is 6.23. The molecule has 0 aliphatic carbocycles. The zero-order valence-corrected chi connectivity index (χ0v) is 16.8. The van der Waals surface area contributed by atoms with Gasteiger partial charge in [-0.15, -0.1) is 0 Å². The van der Waals surface area contributed by atoms with Crippen LogP contribution in [0.3, 0.4) is 0 Å². The molecule has 0 spiro atoms. The normalized spacial score (nSPS) is 11.6. The predicted octanol–water partition coefficient (Wildman–Crippen LogP) is 6.19. The van der Waals surface area contributed by atoms with Crippen molar-refractivity contribution >= 4 is 39.9 Å². The topological polar surface area (TPSA) is 54.6 Å². The zero-order valence-electron chi connectivity index (χ0n) is 16.1. The molecule has 144 valence electrons. The summed E-state index contributed by atoms with van der Waals surface area (Å²) in [7, 11) is 0. The molecular weight excluding hydrogens is 384 g/mol. The van der Waals surface area contributed by atoms with Crippen LogP contribution in [-0.2, 0) is 0 Å². The Morgan fingerprint density at radius 2 is 1.72 bits per heavy atom.